The van der Waals surface area contributed by atoms with E-state index in [9.17, 15) is 14.3 Å². The number of aliphatic hydroxyl groups is 1. The van der Waals surface area contributed by atoms with Gasteiger partial charge in [0.05, 0.1) is 6.10 Å². The molecule has 16 heavy (non-hydrogen) atoms. The van der Waals surface area contributed by atoms with E-state index in [1.807, 2.05) is 0 Å². The van der Waals surface area contributed by atoms with E-state index < -0.39 is 30.3 Å². The number of anilines is 1. The Morgan fingerprint density at radius 2 is 2.38 bits per heavy atom. The Balaban J connectivity index is 2.35. The van der Waals surface area contributed by atoms with Crippen LogP contribution in [-0.4, -0.2) is 33.0 Å². The lowest BCUT2D eigenvalue weighted by Gasteiger charge is -2.15. The minimum absolute atomic E-state index is 0.0586. The van der Waals surface area contributed by atoms with Crippen LogP contribution in [0.5, 0.6) is 0 Å². The summed E-state index contributed by atoms with van der Waals surface area (Å²) < 4.78 is 19.7. The number of aliphatic hydroxyl groups excluding tert-OH is 1. The lowest BCUT2D eigenvalue weighted by Crippen LogP contribution is -2.33. The van der Waals surface area contributed by atoms with Crippen LogP contribution in [0.15, 0.2) is 17.1 Å². The van der Waals surface area contributed by atoms with Gasteiger partial charge < -0.3 is 15.6 Å². The molecule has 0 radical (unpaired) electrons. The number of ether oxygens (including phenoxy) is 1. The van der Waals surface area contributed by atoms with Gasteiger partial charge in [-0.2, -0.15) is 4.98 Å². The monoisotopic (exact) mass is 229 g/mol. The molecule has 2 rings (SSSR count). The number of rotatable bonds is 1. The molecule has 1 aliphatic rings. The molecule has 6 nitrogen and oxygen atoms in total. The van der Waals surface area contributed by atoms with E-state index >= 15 is 0 Å². The van der Waals surface area contributed by atoms with Crippen molar-refractivity contribution in [3.8, 4) is 0 Å². The minimum atomic E-state index is -1.65. The molecule has 0 bridgehead atoms. The van der Waals surface area contributed by atoms with Crippen molar-refractivity contribution in [2.45, 2.75) is 31.5 Å². The summed E-state index contributed by atoms with van der Waals surface area (Å²) in [6.45, 7) is 1.53. The van der Waals surface area contributed by atoms with Crippen LogP contribution in [0.25, 0.3) is 0 Å². The molecule has 1 fully saturated rings. The average molecular weight is 229 g/mol. The van der Waals surface area contributed by atoms with E-state index in [0.717, 1.165) is 4.57 Å². The Morgan fingerprint density at radius 1 is 1.69 bits per heavy atom. The fourth-order valence-electron chi connectivity index (χ4n) is 1.64. The molecular weight excluding hydrogens is 217 g/mol. The van der Waals surface area contributed by atoms with Crippen molar-refractivity contribution in [2.75, 3.05) is 5.73 Å². The van der Waals surface area contributed by atoms with Crippen molar-refractivity contribution >= 4 is 5.82 Å². The second kappa shape index (κ2) is 3.84. The Hall–Kier alpha value is -1.47. The molecule has 2 heterocycles. The van der Waals surface area contributed by atoms with Crippen molar-refractivity contribution in [1.82, 2.24) is 9.55 Å². The smallest absolute Gasteiger partial charge is 0.351 e. The van der Waals surface area contributed by atoms with Gasteiger partial charge in [0.1, 0.15) is 11.9 Å². The first kappa shape index (κ1) is 11.0. The van der Waals surface area contributed by atoms with Gasteiger partial charge in [-0.1, -0.05) is 0 Å². The van der Waals surface area contributed by atoms with Crippen molar-refractivity contribution < 1.29 is 14.2 Å². The molecule has 1 saturated heterocycles. The molecule has 1 unspecified atom stereocenters. The number of alkyl halides is 1. The van der Waals surface area contributed by atoms with E-state index in [1.165, 1.54) is 19.2 Å². The van der Waals surface area contributed by atoms with Crippen LogP contribution < -0.4 is 11.4 Å². The molecule has 3 N–H and O–H groups in total. The second-order valence-electron chi connectivity index (χ2n) is 3.71. The highest BCUT2D eigenvalue weighted by Gasteiger charge is 2.43. The van der Waals surface area contributed by atoms with E-state index in [4.69, 9.17) is 10.5 Å². The Bertz CT molecular complexity index is 450. The summed E-state index contributed by atoms with van der Waals surface area (Å²) in [7, 11) is 0. The van der Waals surface area contributed by atoms with Gasteiger partial charge in [0.15, 0.2) is 12.4 Å². The number of hydrogen-bond acceptors (Lipinski definition) is 5. The molecule has 0 aromatic carbocycles. The molecule has 0 aliphatic carbocycles. The summed E-state index contributed by atoms with van der Waals surface area (Å²) >= 11 is 0. The summed E-state index contributed by atoms with van der Waals surface area (Å²) in [5, 5.41) is 9.38. The zero-order valence-corrected chi connectivity index (χ0v) is 8.58. The highest BCUT2D eigenvalue weighted by atomic mass is 19.1. The van der Waals surface area contributed by atoms with E-state index in [1.54, 1.807) is 0 Å². The number of nitrogens with two attached hydrogens (primary N) is 1. The quantitative estimate of drug-likeness (QED) is 0.673. The summed E-state index contributed by atoms with van der Waals surface area (Å²) in [4.78, 5) is 14.9. The maximum atomic E-state index is 13.6. The standard InChI is InChI=1S/C9H12FN3O3/c1-4-7(14)6(10)8(16-4)13-3-2-5(11)12-9(13)15/h2-4,6-8,14H,1H3,(H2,11,12,15)/t4?,6-,7+,8-/m1/s1. The molecule has 0 amide bonds. The summed E-state index contributed by atoms with van der Waals surface area (Å²) in [6.07, 6.45) is -3.41. The Kier molecular flexibility index (Phi) is 2.64. The molecule has 1 aromatic heterocycles. The first-order valence-electron chi connectivity index (χ1n) is 4.83. The Labute approximate surface area is 90.5 Å². The van der Waals surface area contributed by atoms with Crippen LogP contribution in [-0.2, 0) is 4.74 Å². The second-order valence-corrected chi connectivity index (χ2v) is 3.71. The third-order valence-electron chi connectivity index (χ3n) is 2.56. The van der Waals surface area contributed by atoms with Gasteiger partial charge in [0.2, 0.25) is 0 Å². The van der Waals surface area contributed by atoms with Gasteiger partial charge in [-0.25, -0.2) is 9.18 Å². The molecule has 1 aliphatic heterocycles. The molecule has 88 valence electrons. The van der Waals surface area contributed by atoms with Gasteiger partial charge in [-0.05, 0) is 13.0 Å². The predicted molar refractivity (Wildman–Crippen MR) is 53.4 cm³/mol. The minimum Gasteiger partial charge on any atom is -0.387 e. The van der Waals surface area contributed by atoms with Gasteiger partial charge in [0.25, 0.3) is 0 Å². The van der Waals surface area contributed by atoms with Crippen LogP contribution in [0, 0.1) is 0 Å². The van der Waals surface area contributed by atoms with Gasteiger partial charge in [0, 0.05) is 6.20 Å². The first-order valence-corrected chi connectivity index (χ1v) is 4.83. The van der Waals surface area contributed by atoms with Crippen LogP contribution in [0.2, 0.25) is 0 Å². The summed E-state index contributed by atoms with van der Waals surface area (Å²) in [6, 6.07) is 1.37. The highest BCUT2D eigenvalue weighted by molar-refractivity contribution is 5.23. The number of nitrogen functional groups attached to an aromatic ring is 1. The predicted octanol–water partition coefficient (Wildman–Crippen LogP) is -0.558. The lowest BCUT2D eigenvalue weighted by molar-refractivity contribution is -0.0183. The molecule has 0 spiro atoms. The third-order valence-corrected chi connectivity index (χ3v) is 2.56. The molecule has 7 heteroatoms. The fourth-order valence-corrected chi connectivity index (χ4v) is 1.64. The Morgan fingerprint density at radius 3 is 2.88 bits per heavy atom. The topological polar surface area (TPSA) is 90.4 Å². The molecule has 1 aromatic rings. The molecule has 0 saturated carbocycles. The highest BCUT2D eigenvalue weighted by Crippen LogP contribution is 2.30. The van der Waals surface area contributed by atoms with Crippen LogP contribution in [0.4, 0.5) is 10.2 Å². The van der Waals surface area contributed by atoms with Crippen LogP contribution in [0.1, 0.15) is 13.2 Å². The number of halogens is 1. The zero-order chi connectivity index (χ0) is 11.9. The fraction of sp³-hybridized carbons (Fsp3) is 0.556. The maximum absolute atomic E-state index is 13.6. The maximum Gasteiger partial charge on any atom is 0.351 e. The zero-order valence-electron chi connectivity index (χ0n) is 8.58. The van der Waals surface area contributed by atoms with Gasteiger partial charge >= 0.3 is 5.69 Å². The van der Waals surface area contributed by atoms with E-state index in [-0.39, 0.29) is 5.82 Å². The van der Waals surface area contributed by atoms with Crippen LogP contribution >= 0.6 is 0 Å². The largest absolute Gasteiger partial charge is 0.387 e. The first-order chi connectivity index (χ1) is 7.50. The van der Waals surface area contributed by atoms with Crippen molar-refractivity contribution in [2.24, 2.45) is 0 Å². The SMILES string of the molecule is CC1O[C@@H](n2ccc(N)nc2=O)[C@H](F)[C@H]1O. The number of nitrogens with zero attached hydrogens (tertiary/aromatic N) is 2. The number of aromatic nitrogens is 2. The molecule has 4 atom stereocenters. The van der Waals surface area contributed by atoms with E-state index in [2.05, 4.69) is 4.98 Å². The third kappa shape index (κ3) is 1.68. The van der Waals surface area contributed by atoms with E-state index in [0.29, 0.717) is 0 Å². The average Bonchev–Trinajstić information content (AvgIpc) is 2.46. The van der Waals surface area contributed by atoms with Crippen LogP contribution in [0.3, 0.4) is 0 Å². The molecular formula is C9H12FN3O3. The van der Waals surface area contributed by atoms with Gasteiger partial charge in [-0.15, -0.1) is 0 Å². The van der Waals surface area contributed by atoms with Gasteiger partial charge in [-0.3, -0.25) is 4.57 Å². The number of hydrogen-bond donors (Lipinski definition) is 2. The summed E-state index contributed by atoms with van der Waals surface area (Å²) in [5.41, 5.74) is 4.61. The lowest BCUT2D eigenvalue weighted by atomic mass is 10.2. The van der Waals surface area contributed by atoms with Crippen molar-refractivity contribution in [1.29, 1.82) is 0 Å². The normalized spacial score (nSPS) is 34.2. The van der Waals surface area contributed by atoms with Crippen molar-refractivity contribution in [3.05, 3.63) is 22.7 Å². The summed E-state index contributed by atoms with van der Waals surface area (Å²) in [5.74, 6) is 0.0586. The van der Waals surface area contributed by atoms with Crippen molar-refractivity contribution in [3.63, 3.8) is 0 Å².